The fourth-order valence-electron chi connectivity index (χ4n) is 4.59. The van der Waals surface area contributed by atoms with E-state index in [-0.39, 0.29) is 16.8 Å². The Bertz CT molecular complexity index is 1400. The predicted molar refractivity (Wildman–Crippen MR) is 140 cm³/mol. The molecule has 0 radical (unpaired) electrons. The summed E-state index contributed by atoms with van der Waals surface area (Å²) in [6.07, 6.45) is 2.76. The van der Waals surface area contributed by atoms with Gasteiger partial charge in [-0.1, -0.05) is 64.8 Å². The fraction of sp³-hybridized carbons (Fsp3) is 0.222. The number of imidazole rings is 1. The molecule has 2 nitrogen and oxygen atoms in total. The van der Waals surface area contributed by atoms with Crippen molar-refractivity contribution in [1.29, 1.82) is 0 Å². The lowest BCUT2D eigenvalue weighted by Gasteiger charge is -2.26. The lowest BCUT2D eigenvalue weighted by Crippen LogP contribution is -2.15. The highest BCUT2D eigenvalue weighted by Gasteiger charge is 2.30. The molecule has 8 heteroatoms. The van der Waals surface area contributed by atoms with Gasteiger partial charge >= 0.3 is 0 Å². The summed E-state index contributed by atoms with van der Waals surface area (Å²) in [5.41, 5.74) is 5.32. The van der Waals surface area contributed by atoms with Crippen LogP contribution in [-0.4, -0.2) is 9.55 Å². The van der Waals surface area contributed by atoms with E-state index < -0.39 is 5.82 Å². The number of hydrogen-bond donors (Lipinski definition) is 0. The summed E-state index contributed by atoms with van der Waals surface area (Å²) in [6.45, 7) is 1.99. The van der Waals surface area contributed by atoms with Crippen LogP contribution in [0.2, 0.25) is 15.1 Å². The Morgan fingerprint density at radius 1 is 0.971 bits per heavy atom. The summed E-state index contributed by atoms with van der Waals surface area (Å²) >= 11 is 20.1. The SMILES string of the molecule is Cc1cc(C2CCCc3nc(SCc4c(F)cccc4Cl)n(-c4ccc(F)c(Cl)c4)c32)ccc1Cl. The van der Waals surface area contributed by atoms with E-state index in [1.165, 1.54) is 23.9 Å². The van der Waals surface area contributed by atoms with Crippen LogP contribution in [0.1, 0.15) is 46.8 Å². The second-order valence-electron chi connectivity index (χ2n) is 8.60. The third-order valence-corrected chi connectivity index (χ3v) is 8.38. The topological polar surface area (TPSA) is 17.8 Å². The van der Waals surface area contributed by atoms with E-state index in [4.69, 9.17) is 39.8 Å². The van der Waals surface area contributed by atoms with E-state index in [0.717, 1.165) is 46.8 Å². The maximum absolute atomic E-state index is 14.5. The minimum Gasteiger partial charge on any atom is -0.291 e. The Balaban J connectivity index is 1.64. The first kappa shape index (κ1) is 24.6. The minimum atomic E-state index is -0.485. The zero-order valence-corrected chi connectivity index (χ0v) is 21.9. The van der Waals surface area contributed by atoms with E-state index in [1.807, 2.05) is 17.6 Å². The van der Waals surface area contributed by atoms with Crippen molar-refractivity contribution in [2.75, 3.05) is 0 Å². The molecule has 1 atom stereocenters. The predicted octanol–water partition coefficient (Wildman–Crippen LogP) is 9.18. The van der Waals surface area contributed by atoms with Crippen LogP contribution in [0.4, 0.5) is 8.78 Å². The van der Waals surface area contributed by atoms with E-state index in [0.29, 0.717) is 27.2 Å². The highest BCUT2D eigenvalue weighted by atomic mass is 35.5. The van der Waals surface area contributed by atoms with Crippen LogP contribution < -0.4 is 0 Å². The van der Waals surface area contributed by atoms with Gasteiger partial charge in [0.15, 0.2) is 5.16 Å². The molecule has 0 spiro atoms. The molecule has 1 aliphatic carbocycles. The highest BCUT2D eigenvalue weighted by Crippen LogP contribution is 2.42. The molecule has 1 aromatic heterocycles. The van der Waals surface area contributed by atoms with Crippen LogP contribution in [0.15, 0.2) is 59.8 Å². The Morgan fingerprint density at radius 2 is 1.80 bits per heavy atom. The summed E-state index contributed by atoms with van der Waals surface area (Å²) < 4.78 is 30.5. The lowest BCUT2D eigenvalue weighted by atomic mass is 9.83. The Labute approximate surface area is 222 Å². The van der Waals surface area contributed by atoms with Crippen LogP contribution >= 0.6 is 46.6 Å². The molecule has 1 aliphatic rings. The number of aromatic nitrogens is 2. The average molecular weight is 550 g/mol. The maximum atomic E-state index is 14.5. The van der Waals surface area contributed by atoms with Gasteiger partial charge in [-0.3, -0.25) is 4.57 Å². The number of benzene rings is 3. The number of halogens is 5. The van der Waals surface area contributed by atoms with Gasteiger partial charge in [-0.05, 0) is 73.7 Å². The van der Waals surface area contributed by atoms with Gasteiger partial charge in [0, 0.05) is 33.0 Å². The standard InChI is InChI=1S/C27H21Cl3F2N2S/c1-15-12-16(8-10-20(15)28)18-4-2-7-25-26(18)34(17-9-11-24(32)22(30)13-17)27(33-25)35-14-19-21(29)5-3-6-23(19)31/h3,5-6,8-13,18H,2,4,7,14H2,1H3. The molecule has 0 saturated carbocycles. The molecule has 180 valence electrons. The minimum absolute atomic E-state index is 0.0349. The van der Waals surface area contributed by atoms with Crippen molar-refractivity contribution >= 4 is 46.6 Å². The number of fused-ring (bicyclic) bond motifs is 1. The molecule has 1 unspecified atom stereocenters. The number of hydrogen-bond acceptors (Lipinski definition) is 2. The van der Waals surface area contributed by atoms with Crippen molar-refractivity contribution in [3.8, 4) is 5.69 Å². The van der Waals surface area contributed by atoms with Crippen LogP contribution in [0.25, 0.3) is 5.69 Å². The number of thioether (sulfide) groups is 1. The number of nitrogens with zero attached hydrogens (tertiary/aromatic N) is 2. The molecular weight excluding hydrogens is 529 g/mol. The van der Waals surface area contributed by atoms with Crippen molar-refractivity contribution in [3.05, 3.63) is 109 Å². The van der Waals surface area contributed by atoms with Gasteiger partial charge in [0.05, 0.1) is 16.4 Å². The Morgan fingerprint density at radius 3 is 2.54 bits per heavy atom. The Hall–Kier alpha value is -2.05. The smallest absolute Gasteiger partial charge is 0.173 e. The molecular formula is C27H21Cl3F2N2S. The van der Waals surface area contributed by atoms with Crippen molar-refractivity contribution in [1.82, 2.24) is 9.55 Å². The second kappa shape index (κ2) is 10.1. The monoisotopic (exact) mass is 548 g/mol. The largest absolute Gasteiger partial charge is 0.291 e. The van der Waals surface area contributed by atoms with Crippen molar-refractivity contribution in [2.45, 2.75) is 43.0 Å². The zero-order chi connectivity index (χ0) is 24.7. The molecule has 0 fully saturated rings. The third-order valence-electron chi connectivity index (χ3n) is 6.35. The van der Waals surface area contributed by atoms with Gasteiger partial charge in [-0.2, -0.15) is 0 Å². The molecule has 0 saturated heterocycles. The third kappa shape index (κ3) is 4.84. The maximum Gasteiger partial charge on any atom is 0.173 e. The average Bonchev–Trinajstić information content (AvgIpc) is 3.21. The number of aryl methyl sites for hydroxylation is 2. The second-order valence-corrected chi connectivity index (χ2v) is 10.8. The van der Waals surface area contributed by atoms with Gasteiger partial charge in [-0.25, -0.2) is 13.8 Å². The zero-order valence-electron chi connectivity index (χ0n) is 18.8. The van der Waals surface area contributed by atoms with Crippen molar-refractivity contribution < 1.29 is 8.78 Å². The fourth-order valence-corrected chi connectivity index (χ4v) is 6.27. The van der Waals surface area contributed by atoms with E-state index in [2.05, 4.69) is 12.1 Å². The molecule has 1 heterocycles. The lowest BCUT2D eigenvalue weighted by molar-refractivity contribution is 0.586. The molecule has 3 aromatic carbocycles. The molecule has 0 bridgehead atoms. The van der Waals surface area contributed by atoms with Crippen molar-refractivity contribution in [2.24, 2.45) is 0 Å². The normalized spacial score (nSPS) is 15.3. The first-order valence-electron chi connectivity index (χ1n) is 11.2. The summed E-state index contributed by atoms with van der Waals surface area (Å²) in [4.78, 5) is 4.97. The molecule has 35 heavy (non-hydrogen) atoms. The van der Waals surface area contributed by atoms with E-state index >= 15 is 0 Å². The summed E-state index contributed by atoms with van der Waals surface area (Å²) in [6, 6.07) is 15.4. The van der Waals surface area contributed by atoms with Gasteiger partial charge in [0.25, 0.3) is 0 Å². The van der Waals surface area contributed by atoms with Gasteiger partial charge in [-0.15, -0.1) is 0 Å². The molecule has 0 amide bonds. The summed E-state index contributed by atoms with van der Waals surface area (Å²) in [5, 5.41) is 1.82. The van der Waals surface area contributed by atoms with Gasteiger partial charge < -0.3 is 0 Å². The van der Waals surface area contributed by atoms with Crippen LogP contribution in [0.3, 0.4) is 0 Å². The van der Waals surface area contributed by atoms with Crippen molar-refractivity contribution in [3.63, 3.8) is 0 Å². The molecule has 4 aromatic rings. The van der Waals surface area contributed by atoms with E-state index in [1.54, 1.807) is 24.3 Å². The molecule has 0 aliphatic heterocycles. The quantitative estimate of drug-likeness (QED) is 0.231. The summed E-state index contributed by atoms with van der Waals surface area (Å²) in [7, 11) is 0. The summed E-state index contributed by atoms with van der Waals surface area (Å²) in [5.74, 6) is -0.451. The van der Waals surface area contributed by atoms with Crippen LogP contribution in [0, 0.1) is 18.6 Å². The van der Waals surface area contributed by atoms with E-state index in [9.17, 15) is 8.78 Å². The first-order chi connectivity index (χ1) is 16.8. The highest BCUT2D eigenvalue weighted by molar-refractivity contribution is 7.98. The first-order valence-corrected chi connectivity index (χ1v) is 13.3. The Kier molecular flexibility index (Phi) is 7.13. The van der Waals surface area contributed by atoms with Crippen LogP contribution in [-0.2, 0) is 12.2 Å². The molecule has 5 rings (SSSR count). The number of rotatable bonds is 5. The van der Waals surface area contributed by atoms with Gasteiger partial charge in [0.2, 0.25) is 0 Å². The van der Waals surface area contributed by atoms with Gasteiger partial charge in [0.1, 0.15) is 11.6 Å². The van der Waals surface area contributed by atoms with Crippen LogP contribution in [0.5, 0.6) is 0 Å². The molecule has 0 N–H and O–H groups in total.